The Balaban J connectivity index is 2.72. The second kappa shape index (κ2) is 7.83. The van der Waals surface area contributed by atoms with Crippen LogP contribution in [0.1, 0.15) is 23.7 Å². The summed E-state index contributed by atoms with van der Waals surface area (Å²) < 4.78 is 0. The molecule has 0 atom stereocenters. The minimum Gasteiger partial charge on any atom is -0.383 e. The normalized spacial score (nSPS) is 9.81. The first kappa shape index (κ1) is 16.4. The number of benzene rings is 1. The Bertz CT molecular complexity index is 545. The predicted molar refractivity (Wildman–Crippen MR) is 78.3 cm³/mol. The lowest BCUT2D eigenvalue weighted by Gasteiger charge is -2.07. The van der Waals surface area contributed by atoms with E-state index < -0.39 is 10.8 Å². The Labute approximate surface area is 122 Å². The number of anilines is 1. The van der Waals surface area contributed by atoms with Crippen molar-refractivity contribution in [3.05, 3.63) is 33.9 Å². The van der Waals surface area contributed by atoms with Gasteiger partial charge in [-0.3, -0.25) is 19.7 Å². The third kappa shape index (κ3) is 4.75. The van der Waals surface area contributed by atoms with Crippen molar-refractivity contribution in [1.82, 2.24) is 10.6 Å². The maximum Gasteiger partial charge on any atom is 0.293 e. The fraction of sp³-hybridized carbons (Fsp3) is 0.385. The summed E-state index contributed by atoms with van der Waals surface area (Å²) in [6.45, 7) is 2.29. The Morgan fingerprint density at radius 1 is 1.29 bits per heavy atom. The third-order valence-corrected chi connectivity index (χ3v) is 2.71. The minimum atomic E-state index is -0.573. The molecule has 3 N–H and O–H groups in total. The maximum atomic E-state index is 11.9. The zero-order valence-electron chi connectivity index (χ0n) is 11.9. The molecule has 2 amide bonds. The number of carbonyl (C=O) groups is 2. The molecule has 0 unspecified atom stereocenters. The zero-order chi connectivity index (χ0) is 15.8. The molecule has 0 aliphatic carbocycles. The number of rotatable bonds is 7. The molecule has 0 bridgehead atoms. The number of nitrogens with zero attached hydrogens (tertiary/aromatic N) is 1. The Kier molecular flexibility index (Phi) is 6.12. The van der Waals surface area contributed by atoms with E-state index in [0.717, 1.165) is 6.42 Å². The predicted octanol–water partition coefficient (Wildman–Crippen LogP) is 0.892. The van der Waals surface area contributed by atoms with Crippen LogP contribution in [0.5, 0.6) is 0 Å². The van der Waals surface area contributed by atoms with Gasteiger partial charge in [0.25, 0.3) is 11.6 Å². The molecule has 0 radical (unpaired) electrons. The lowest BCUT2D eigenvalue weighted by atomic mass is 10.1. The Hall–Kier alpha value is -2.64. The highest BCUT2D eigenvalue weighted by atomic mass is 16.6. The van der Waals surface area contributed by atoms with Crippen molar-refractivity contribution in [2.24, 2.45) is 0 Å². The molecule has 0 aromatic heterocycles. The number of hydrogen-bond acceptors (Lipinski definition) is 5. The molecular weight excluding hydrogens is 276 g/mol. The van der Waals surface area contributed by atoms with Crippen LogP contribution in [0.2, 0.25) is 0 Å². The van der Waals surface area contributed by atoms with Gasteiger partial charge in [-0.2, -0.15) is 0 Å². The van der Waals surface area contributed by atoms with Gasteiger partial charge in [-0.25, -0.2) is 0 Å². The quantitative estimate of drug-likeness (QED) is 0.510. The van der Waals surface area contributed by atoms with E-state index in [-0.39, 0.29) is 23.7 Å². The van der Waals surface area contributed by atoms with E-state index in [1.807, 2.05) is 6.92 Å². The van der Waals surface area contributed by atoms with Crippen molar-refractivity contribution >= 4 is 23.2 Å². The Morgan fingerprint density at radius 2 is 2.00 bits per heavy atom. The number of nitro groups is 1. The number of nitrogens with one attached hydrogen (secondary N) is 3. The molecular formula is C13H18N4O4. The van der Waals surface area contributed by atoms with Crippen LogP contribution in [0, 0.1) is 10.1 Å². The van der Waals surface area contributed by atoms with E-state index in [1.54, 1.807) is 7.05 Å². The summed E-state index contributed by atoms with van der Waals surface area (Å²) in [5.74, 6) is -0.834. The van der Waals surface area contributed by atoms with Gasteiger partial charge in [0.1, 0.15) is 5.69 Å². The van der Waals surface area contributed by atoms with Gasteiger partial charge in [0.2, 0.25) is 5.91 Å². The fourth-order valence-corrected chi connectivity index (χ4v) is 1.62. The van der Waals surface area contributed by atoms with Crippen molar-refractivity contribution in [2.45, 2.75) is 13.3 Å². The van der Waals surface area contributed by atoms with Gasteiger partial charge < -0.3 is 16.0 Å². The van der Waals surface area contributed by atoms with Gasteiger partial charge in [0, 0.05) is 25.2 Å². The van der Waals surface area contributed by atoms with Gasteiger partial charge in [-0.1, -0.05) is 6.92 Å². The molecule has 114 valence electrons. The number of amides is 2. The summed E-state index contributed by atoms with van der Waals surface area (Å²) in [6.07, 6.45) is 0.803. The maximum absolute atomic E-state index is 11.9. The van der Waals surface area contributed by atoms with Crippen LogP contribution in [-0.4, -0.2) is 36.9 Å². The first-order valence-corrected chi connectivity index (χ1v) is 6.50. The smallest absolute Gasteiger partial charge is 0.293 e. The van der Waals surface area contributed by atoms with Gasteiger partial charge in [-0.15, -0.1) is 0 Å². The summed E-state index contributed by atoms with van der Waals surface area (Å²) in [5.41, 5.74) is 0.252. The second-order valence-corrected chi connectivity index (χ2v) is 4.27. The van der Waals surface area contributed by atoms with Gasteiger partial charge >= 0.3 is 0 Å². The van der Waals surface area contributed by atoms with Crippen LogP contribution in [0.15, 0.2) is 18.2 Å². The average molecular weight is 294 g/mol. The number of nitro benzene ring substituents is 1. The average Bonchev–Trinajstić information content (AvgIpc) is 2.49. The van der Waals surface area contributed by atoms with Crippen LogP contribution >= 0.6 is 0 Å². The first-order chi connectivity index (χ1) is 9.99. The zero-order valence-corrected chi connectivity index (χ0v) is 11.9. The van der Waals surface area contributed by atoms with E-state index in [9.17, 15) is 19.7 Å². The molecule has 0 heterocycles. The van der Waals surface area contributed by atoms with E-state index in [4.69, 9.17) is 0 Å². The molecule has 0 saturated heterocycles. The van der Waals surface area contributed by atoms with Crippen molar-refractivity contribution in [3.63, 3.8) is 0 Å². The van der Waals surface area contributed by atoms with Crippen molar-refractivity contribution in [1.29, 1.82) is 0 Å². The van der Waals surface area contributed by atoms with Crippen molar-refractivity contribution < 1.29 is 14.5 Å². The molecule has 21 heavy (non-hydrogen) atoms. The summed E-state index contributed by atoms with van der Waals surface area (Å²) in [4.78, 5) is 33.6. The van der Waals surface area contributed by atoms with Crippen LogP contribution in [-0.2, 0) is 4.79 Å². The third-order valence-electron chi connectivity index (χ3n) is 2.71. The second-order valence-electron chi connectivity index (χ2n) is 4.27. The van der Waals surface area contributed by atoms with E-state index in [2.05, 4.69) is 16.0 Å². The summed E-state index contributed by atoms with van der Waals surface area (Å²) in [5, 5.41) is 18.6. The largest absolute Gasteiger partial charge is 0.383 e. The monoisotopic (exact) mass is 294 g/mol. The van der Waals surface area contributed by atoms with E-state index in [1.165, 1.54) is 18.2 Å². The summed E-state index contributed by atoms with van der Waals surface area (Å²) in [7, 11) is 1.56. The van der Waals surface area contributed by atoms with Crippen molar-refractivity contribution in [2.75, 3.05) is 25.5 Å². The Morgan fingerprint density at radius 3 is 2.57 bits per heavy atom. The standard InChI is InChI=1S/C13H18N4O4/c1-3-6-15-12(18)8-16-13(19)9-4-5-10(14-2)11(7-9)17(20)21/h4-5,7,14H,3,6,8H2,1-2H3,(H,15,18)(H,16,19). The molecule has 8 nitrogen and oxygen atoms in total. The van der Waals surface area contributed by atoms with Crippen LogP contribution in [0.3, 0.4) is 0 Å². The minimum absolute atomic E-state index is 0.129. The highest BCUT2D eigenvalue weighted by Gasteiger charge is 2.17. The molecule has 1 aromatic rings. The fourth-order valence-electron chi connectivity index (χ4n) is 1.62. The lowest BCUT2D eigenvalue weighted by Crippen LogP contribution is -2.37. The molecule has 1 rings (SSSR count). The SMILES string of the molecule is CCCNC(=O)CNC(=O)c1ccc(NC)c([N+](=O)[O-])c1. The molecule has 0 saturated carbocycles. The molecule has 1 aromatic carbocycles. The first-order valence-electron chi connectivity index (χ1n) is 6.50. The summed E-state index contributed by atoms with van der Waals surface area (Å²) >= 11 is 0. The van der Waals surface area contributed by atoms with Gasteiger partial charge in [0.05, 0.1) is 11.5 Å². The summed E-state index contributed by atoms with van der Waals surface area (Å²) in [6, 6.07) is 4.08. The van der Waals surface area contributed by atoms with Crippen LogP contribution in [0.4, 0.5) is 11.4 Å². The molecule has 8 heteroatoms. The number of carbonyl (C=O) groups excluding carboxylic acids is 2. The van der Waals surface area contributed by atoms with E-state index in [0.29, 0.717) is 12.2 Å². The molecule has 0 aliphatic rings. The van der Waals surface area contributed by atoms with E-state index >= 15 is 0 Å². The van der Waals surface area contributed by atoms with Crippen LogP contribution < -0.4 is 16.0 Å². The molecule has 0 spiro atoms. The molecule has 0 fully saturated rings. The van der Waals surface area contributed by atoms with Crippen LogP contribution in [0.25, 0.3) is 0 Å². The topological polar surface area (TPSA) is 113 Å². The van der Waals surface area contributed by atoms with Crippen molar-refractivity contribution in [3.8, 4) is 0 Å². The number of hydrogen-bond donors (Lipinski definition) is 3. The lowest BCUT2D eigenvalue weighted by molar-refractivity contribution is -0.384. The van der Waals surface area contributed by atoms with Gasteiger partial charge in [0.15, 0.2) is 0 Å². The highest BCUT2D eigenvalue weighted by molar-refractivity contribution is 5.97. The van der Waals surface area contributed by atoms with Gasteiger partial charge in [-0.05, 0) is 18.6 Å². The molecule has 0 aliphatic heterocycles. The highest BCUT2D eigenvalue weighted by Crippen LogP contribution is 2.24.